The third kappa shape index (κ3) is 3.95. The van der Waals surface area contributed by atoms with Crippen molar-refractivity contribution < 1.29 is 20.8 Å². The molecule has 2 aromatic rings. The SMILES string of the molecule is CC(C)([C]1[CH][CH][C]2[C]1C=Cc1ccccc12)[C]1[CH][CH][C]2[C]1C=Cc1ccccc12.[Cl][Zr+2][Cl]. The van der Waals surface area contributed by atoms with Crippen LogP contribution >= 0.6 is 17.0 Å². The molecule has 0 aromatic heterocycles. The van der Waals surface area contributed by atoms with E-state index in [0.29, 0.717) is 0 Å². The van der Waals surface area contributed by atoms with Gasteiger partial charge < -0.3 is 0 Å². The van der Waals surface area contributed by atoms with Crippen molar-refractivity contribution in [3.63, 3.8) is 0 Å². The van der Waals surface area contributed by atoms with E-state index in [1.165, 1.54) is 57.8 Å². The molecule has 10 radical (unpaired) electrons. The minimum absolute atomic E-state index is 0.0750. The fourth-order valence-electron chi connectivity index (χ4n) is 5.17. The Kier molecular flexibility index (Phi) is 6.91. The van der Waals surface area contributed by atoms with Crippen LogP contribution in [0.1, 0.15) is 36.1 Å². The molecule has 0 spiro atoms. The van der Waals surface area contributed by atoms with Gasteiger partial charge >= 0.3 is 37.9 Å². The number of benzene rings is 2. The third-order valence-electron chi connectivity index (χ3n) is 6.70. The summed E-state index contributed by atoms with van der Waals surface area (Å²) in [6, 6.07) is 17.4. The molecule has 0 saturated heterocycles. The molecular weight excluding hydrogens is 510 g/mol. The summed E-state index contributed by atoms with van der Waals surface area (Å²) < 4.78 is 0. The van der Waals surface area contributed by atoms with Crippen LogP contribution in [0.4, 0.5) is 0 Å². The van der Waals surface area contributed by atoms with Crippen molar-refractivity contribution in [3.8, 4) is 0 Å². The van der Waals surface area contributed by atoms with Crippen molar-refractivity contribution >= 4 is 29.2 Å². The van der Waals surface area contributed by atoms with E-state index in [0.717, 1.165) is 0 Å². The maximum atomic E-state index is 4.93. The second-order valence-electron chi connectivity index (χ2n) is 8.69. The quantitative estimate of drug-likeness (QED) is 0.370. The van der Waals surface area contributed by atoms with Crippen LogP contribution in [0.25, 0.3) is 12.2 Å². The van der Waals surface area contributed by atoms with Crippen LogP contribution in [-0.2, 0) is 20.8 Å². The first-order chi connectivity index (χ1) is 15.6. The molecule has 0 unspecified atom stereocenters. The van der Waals surface area contributed by atoms with E-state index in [4.69, 9.17) is 17.0 Å². The number of hydrogen-bond acceptors (Lipinski definition) is 0. The van der Waals surface area contributed by atoms with Crippen molar-refractivity contribution in [2.75, 3.05) is 0 Å². The Labute approximate surface area is 212 Å². The standard InChI is InChI=1S/C29H22.2ClH.Zr/c1-29(2,27-17-15-23-21-9-5-3-7-19(21)11-13-25(23)27)28-18-16-24-22-10-6-4-8-20(22)12-14-26(24)28;;;/h3-18H,1-2H3;2*1H;/q;;;+4/p-2. The van der Waals surface area contributed by atoms with Gasteiger partial charge in [0.1, 0.15) is 0 Å². The van der Waals surface area contributed by atoms with Gasteiger partial charge in [0.15, 0.2) is 0 Å². The second kappa shape index (κ2) is 9.56. The van der Waals surface area contributed by atoms with E-state index in [-0.39, 0.29) is 5.41 Å². The monoisotopic (exact) mass is 530 g/mol. The first kappa shape index (κ1) is 23.1. The van der Waals surface area contributed by atoms with Crippen molar-refractivity contribution in [2.45, 2.75) is 13.8 Å². The Hall–Kier alpha value is -0.617. The molecule has 0 N–H and O–H groups in total. The molecule has 0 nitrogen and oxygen atoms in total. The first-order valence-electron chi connectivity index (χ1n) is 10.7. The molecule has 154 valence electrons. The van der Waals surface area contributed by atoms with E-state index in [2.05, 4.69) is 112 Å². The molecule has 0 atom stereocenters. The fourth-order valence-corrected chi connectivity index (χ4v) is 5.17. The van der Waals surface area contributed by atoms with Crippen LogP contribution in [0.2, 0.25) is 0 Å². The normalized spacial score (nSPS) is 21.4. The van der Waals surface area contributed by atoms with Gasteiger partial charge in [-0.3, -0.25) is 0 Å². The van der Waals surface area contributed by atoms with Crippen molar-refractivity contribution in [2.24, 2.45) is 5.41 Å². The Morgan fingerprint density at radius 2 is 0.969 bits per heavy atom. The van der Waals surface area contributed by atoms with E-state index in [9.17, 15) is 0 Å². The van der Waals surface area contributed by atoms with Crippen LogP contribution in [0.15, 0.2) is 60.7 Å². The Morgan fingerprint density at radius 3 is 1.41 bits per heavy atom. The summed E-state index contributed by atoms with van der Waals surface area (Å²) in [5, 5.41) is 0. The molecule has 0 heterocycles. The zero-order valence-corrected chi connectivity index (χ0v) is 22.0. The average molecular weight is 533 g/mol. The van der Waals surface area contributed by atoms with Gasteiger partial charge in [0, 0.05) is 23.7 Å². The number of hydrogen-bond donors (Lipinski definition) is 0. The Morgan fingerprint density at radius 1 is 0.562 bits per heavy atom. The van der Waals surface area contributed by atoms with Crippen molar-refractivity contribution in [3.05, 3.63) is 144 Å². The topological polar surface area (TPSA) is 0 Å². The first-order valence-corrected chi connectivity index (χ1v) is 17.0. The summed E-state index contributed by atoms with van der Waals surface area (Å²) in [7, 11) is 9.87. The van der Waals surface area contributed by atoms with Gasteiger partial charge in [0.2, 0.25) is 0 Å². The molecular formula is C29H22Cl2Zr+2. The van der Waals surface area contributed by atoms with E-state index in [1.807, 2.05) is 0 Å². The Bertz CT molecular complexity index is 944. The van der Waals surface area contributed by atoms with Crippen LogP contribution in [-0.4, -0.2) is 0 Å². The summed E-state index contributed by atoms with van der Waals surface area (Å²) in [5.41, 5.74) is 5.21. The second-order valence-corrected chi connectivity index (χ2v) is 12.4. The predicted molar refractivity (Wildman–Crippen MR) is 131 cm³/mol. The molecule has 32 heavy (non-hydrogen) atoms. The molecule has 3 heteroatoms. The molecule has 2 saturated carbocycles. The number of halogens is 2. The van der Waals surface area contributed by atoms with Gasteiger partial charge in [-0.2, -0.15) is 0 Å². The van der Waals surface area contributed by atoms with Crippen molar-refractivity contribution in [1.29, 1.82) is 0 Å². The zero-order chi connectivity index (χ0) is 22.3. The number of rotatable bonds is 2. The molecule has 2 fully saturated rings. The average Bonchev–Trinajstić information content (AvgIpc) is 3.45. The van der Waals surface area contributed by atoms with E-state index in [1.54, 1.807) is 0 Å². The zero-order valence-electron chi connectivity index (χ0n) is 18.0. The van der Waals surface area contributed by atoms with Gasteiger partial charge in [-0.15, -0.1) is 0 Å². The van der Waals surface area contributed by atoms with Crippen LogP contribution in [0.5, 0.6) is 0 Å². The summed E-state index contributed by atoms with van der Waals surface area (Å²) in [6.45, 7) is 4.72. The molecule has 2 aromatic carbocycles. The van der Waals surface area contributed by atoms with E-state index < -0.39 is 20.8 Å². The Balaban J connectivity index is 0.000000684. The summed E-state index contributed by atoms with van der Waals surface area (Å²) in [6.07, 6.45) is 18.4. The molecule has 0 aliphatic heterocycles. The van der Waals surface area contributed by atoms with Gasteiger partial charge in [-0.25, -0.2) is 0 Å². The molecule has 4 aliphatic carbocycles. The third-order valence-corrected chi connectivity index (χ3v) is 6.70. The number of allylic oxidation sites excluding steroid dienone is 2. The summed E-state index contributed by atoms with van der Waals surface area (Å²) in [4.78, 5) is 0. The van der Waals surface area contributed by atoms with Gasteiger partial charge in [-0.1, -0.05) is 86.7 Å². The molecule has 0 amide bonds. The van der Waals surface area contributed by atoms with Crippen LogP contribution < -0.4 is 0 Å². The minimum atomic E-state index is -0.826. The van der Waals surface area contributed by atoms with Gasteiger partial charge in [0.25, 0.3) is 0 Å². The molecule has 4 aliphatic rings. The molecule has 6 rings (SSSR count). The fraction of sp³-hybridized carbons (Fsp3) is 0.103. The molecule has 0 bridgehead atoms. The van der Waals surface area contributed by atoms with Gasteiger partial charge in [-0.05, 0) is 65.2 Å². The van der Waals surface area contributed by atoms with E-state index >= 15 is 0 Å². The van der Waals surface area contributed by atoms with Crippen molar-refractivity contribution in [1.82, 2.24) is 0 Å². The predicted octanol–water partition coefficient (Wildman–Crippen LogP) is 7.83. The van der Waals surface area contributed by atoms with Gasteiger partial charge in [0.05, 0.1) is 0 Å². The summed E-state index contributed by atoms with van der Waals surface area (Å²) >= 11 is -0.826. The summed E-state index contributed by atoms with van der Waals surface area (Å²) in [5.74, 6) is 8.24. The van der Waals surface area contributed by atoms with Crippen LogP contribution in [0.3, 0.4) is 0 Å². The number of fused-ring (bicyclic) bond motifs is 6. The van der Waals surface area contributed by atoms with Crippen LogP contribution in [0, 0.1) is 66.6 Å². The maximum absolute atomic E-state index is 4.93.